The summed E-state index contributed by atoms with van der Waals surface area (Å²) in [4.78, 5) is 14.2. The Balaban J connectivity index is 2.76. The van der Waals surface area contributed by atoms with E-state index in [4.69, 9.17) is 0 Å². The number of nitrogens with one attached hydrogen (secondary N) is 1. The molecule has 0 aliphatic carbocycles. The van der Waals surface area contributed by atoms with E-state index in [0.29, 0.717) is 0 Å². The van der Waals surface area contributed by atoms with Crippen LogP contribution in [0.3, 0.4) is 0 Å². The third-order valence-electron chi connectivity index (χ3n) is 1.65. The zero-order chi connectivity index (χ0) is 13.1. The lowest BCUT2D eigenvalue weighted by Crippen LogP contribution is -2.25. The highest BCUT2D eigenvalue weighted by Crippen LogP contribution is 2.27. The van der Waals surface area contributed by atoms with Gasteiger partial charge in [0, 0.05) is 0 Å². The quantitative estimate of drug-likeness (QED) is 0.799. The van der Waals surface area contributed by atoms with Gasteiger partial charge in [0.1, 0.15) is 6.04 Å². The average Bonchev–Trinajstić information content (AvgIpc) is 2.65. The molecule has 92 valence electrons. The molecule has 1 atom stereocenters. The Morgan fingerprint density at radius 3 is 2.65 bits per heavy atom. The van der Waals surface area contributed by atoms with Crippen LogP contribution in [0.4, 0.5) is 13.2 Å². The van der Waals surface area contributed by atoms with E-state index in [1.807, 2.05) is 0 Å². The van der Waals surface area contributed by atoms with Gasteiger partial charge in [-0.05, 0) is 19.8 Å². The monoisotopic (exact) mass is 247 g/mol. The van der Waals surface area contributed by atoms with Crippen LogP contribution in [-0.4, -0.2) is 16.0 Å². The van der Waals surface area contributed by atoms with E-state index in [0.717, 1.165) is 0 Å². The lowest BCUT2D eigenvalue weighted by molar-refractivity contribution is -0.146. The van der Waals surface area contributed by atoms with Crippen molar-refractivity contribution in [2.45, 2.75) is 26.1 Å². The van der Waals surface area contributed by atoms with Gasteiger partial charge in [-0.15, -0.1) is 0 Å². The highest BCUT2D eigenvalue weighted by molar-refractivity contribution is 5.93. The molecule has 1 rings (SSSR count). The minimum atomic E-state index is -4.67. The summed E-state index contributed by atoms with van der Waals surface area (Å²) in [5, 5.41) is 5.05. The first-order valence-corrected chi connectivity index (χ1v) is 4.48. The molecular formula is C9H8F3N3O2. The predicted molar refractivity (Wildman–Crippen MR) is 49.3 cm³/mol. The van der Waals surface area contributed by atoms with E-state index >= 15 is 0 Å². The molecular weight excluding hydrogens is 239 g/mol. The zero-order valence-corrected chi connectivity index (χ0v) is 8.92. The second kappa shape index (κ2) is 4.86. The van der Waals surface area contributed by atoms with Gasteiger partial charge in [0.05, 0.1) is 0 Å². The first-order chi connectivity index (χ1) is 7.84. The van der Waals surface area contributed by atoms with Crippen molar-refractivity contribution in [3.63, 3.8) is 0 Å². The first kappa shape index (κ1) is 13.0. The Morgan fingerprint density at radius 2 is 2.18 bits per heavy atom. The summed E-state index contributed by atoms with van der Waals surface area (Å²) in [5.74, 6) is 2.17. The van der Waals surface area contributed by atoms with E-state index in [9.17, 15) is 18.0 Å². The van der Waals surface area contributed by atoms with E-state index in [-0.39, 0.29) is 5.89 Å². The summed E-state index contributed by atoms with van der Waals surface area (Å²) < 4.78 is 40.8. The van der Waals surface area contributed by atoms with Crippen LogP contribution in [-0.2, 0) is 11.0 Å². The smallest absolute Gasteiger partial charge is 0.337 e. The maximum atomic E-state index is 12.2. The van der Waals surface area contributed by atoms with Gasteiger partial charge in [0.2, 0.25) is 5.89 Å². The zero-order valence-electron chi connectivity index (χ0n) is 8.92. The minimum absolute atomic E-state index is 0.330. The lowest BCUT2D eigenvalue weighted by atomic mass is 10.3. The molecule has 0 saturated carbocycles. The molecule has 0 bridgehead atoms. The maximum absolute atomic E-state index is 12.2. The SMILES string of the molecule is CC#CC(=O)NC(C)c1nc(C(F)(F)F)no1. The number of rotatable bonds is 2. The molecule has 1 heterocycles. The van der Waals surface area contributed by atoms with Crippen LogP contribution in [0.15, 0.2) is 4.52 Å². The van der Waals surface area contributed by atoms with Gasteiger partial charge in [-0.2, -0.15) is 18.2 Å². The van der Waals surface area contributed by atoms with Crippen molar-refractivity contribution in [2.24, 2.45) is 0 Å². The molecule has 0 aliphatic heterocycles. The fraction of sp³-hybridized carbons (Fsp3) is 0.444. The fourth-order valence-electron chi connectivity index (χ4n) is 0.934. The topological polar surface area (TPSA) is 68.0 Å². The summed E-state index contributed by atoms with van der Waals surface area (Å²) in [7, 11) is 0. The average molecular weight is 247 g/mol. The van der Waals surface area contributed by atoms with Crippen LogP contribution in [0, 0.1) is 11.8 Å². The summed E-state index contributed by atoms with van der Waals surface area (Å²) in [5.41, 5.74) is 0. The van der Waals surface area contributed by atoms with Crippen molar-refractivity contribution in [2.75, 3.05) is 0 Å². The Bertz CT molecular complexity index is 470. The molecule has 17 heavy (non-hydrogen) atoms. The Labute approximate surface area is 94.4 Å². The van der Waals surface area contributed by atoms with Crippen LogP contribution >= 0.6 is 0 Å². The van der Waals surface area contributed by atoms with Crippen molar-refractivity contribution < 1.29 is 22.5 Å². The molecule has 1 amide bonds. The number of halogens is 3. The molecule has 1 N–H and O–H groups in total. The van der Waals surface area contributed by atoms with Crippen molar-refractivity contribution in [3.8, 4) is 11.8 Å². The normalized spacial score (nSPS) is 12.5. The van der Waals surface area contributed by atoms with Gasteiger partial charge in [0.15, 0.2) is 0 Å². The molecule has 5 nitrogen and oxygen atoms in total. The number of hydrogen-bond acceptors (Lipinski definition) is 4. The summed E-state index contributed by atoms with van der Waals surface area (Å²) in [6, 6.07) is -0.841. The minimum Gasteiger partial charge on any atom is -0.337 e. The number of amides is 1. The third kappa shape index (κ3) is 3.48. The molecule has 0 aliphatic rings. The van der Waals surface area contributed by atoms with Gasteiger partial charge < -0.3 is 9.84 Å². The summed E-state index contributed by atoms with van der Waals surface area (Å²) in [6.45, 7) is 2.86. The van der Waals surface area contributed by atoms with Gasteiger partial charge in [-0.3, -0.25) is 4.79 Å². The van der Waals surface area contributed by atoms with Gasteiger partial charge in [0.25, 0.3) is 11.7 Å². The summed E-state index contributed by atoms with van der Waals surface area (Å²) >= 11 is 0. The van der Waals surface area contributed by atoms with Crippen LogP contribution in [0.2, 0.25) is 0 Å². The molecule has 0 fully saturated rings. The Morgan fingerprint density at radius 1 is 1.53 bits per heavy atom. The van der Waals surface area contributed by atoms with Crippen molar-refractivity contribution in [1.29, 1.82) is 0 Å². The molecule has 1 aromatic rings. The number of nitrogens with zero attached hydrogens (tertiary/aromatic N) is 2. The van der Waals surface area contributed by atoms with Gasteiger partial charge in [-0.25, -0.2) is 0 Å². The third-order valence-corrected chi connectivity index (χ3v) is 1.65. The highest BCUT2D eigenvalue weighted by Gasteiger charge is 2.37. The van der Waals surface area contributed by atoms with E-state index in [2.05, 4.69) is 31.8 Å². The maximum Gasteiger partial charge on any atom is 0.455 e. The largest absolute Gasteiger partial charge is 0.455 e. The molecule has 1 unspecified atom stereocenters. The predicted octanol–water partition coefficient (Wildman–Crippen LogP) is 1.29. The molecule has 0 aromatic carbocycles. The summed E-state index contributed by atoms with van der Waals surface area (Å²) in [6.07, 6.45) is -4.67. The fourth-order valence-corrected chi connectivity index (χ4v) is 0.934. The van der Waals surface area contributed by atoms with Crippen LogP contribution < -0.4 is 5.32 Å². The van der Waals surface area contributed by atoms with E-state index < -0.39 is 23.9 Å². The van der Waals surface area contributed by atoms with E-state index in [1.54, 1.807) is 0 Å². The highest BCUT2D eigenvalue weighted by atomic mass is 19.4. The van der Waals surface area contributed by atoms with Gasteiger partial charge >= 0.3 is 6.18 Å². The van der Waals surface area contributed by atoms with Crippen molar-refractivity contribution in [1.82, 2.24) is 15.5 Å². The van der Waals surface area contributed by atoms with Crippen LogP contribution in [0.25, 0.3) is 0 Å². The Hall–Kier alpha value is -2.04. The number of aromatic nitrogens is 2. The van der Waals surface area contributed by atoms with Crippen molar-refractivity contribution in [3.05, 3.63) is 11.7 Å². The van der Waals surface area contributed by atoms with E-state index in [1.165, 1.54) is 13.8 Å². The lowest BCUT2D eigenvalue weighted by Gasteiger charge is -2.05. The molecule has 8 heteroatoms. The Kier molecular flexibility index (Phi) is 3.73. The number of carbonyl (C=O) groups excluding carboxylic acids is 1. The molecule has 0 saturated heterocycles. The van der Waals surface area contributed by atoms with Crippen molar-refractivity contribution >= 4 is 5.91 Å². The van der Waals surface area contributed by atoms with Crippen LogP contribution in [0.5, 0.6) is 0 Å². The second-order valence-electron chi connectivity index (χ2n) is 3.02. The molecule has 1 aromatic heterocycles. The van der Waals surface area contributed by atoms with Crippen LogP contribution in [0.1, 0.15) is 31.6 Å². The number of alkyl halides is 3. The van der Waals surface area contributed by atoms with Gasteiger partial charge in [-0.1, -0.05) is 11.1 Å². The molecule has 0 radical (unpaired) electrons. The molecule has 0 spiro atoms. The second-order valence-corrected chi connectivity index (χ2v) is 3.02. The number of carbonyl (C=O) groups is 1. The number of hydrogen-bond donors (Lipinski definition) is 1. The first-order valence-electron chi connectivity index (χ1n) is 4.48. The standard InChI is InChI=1S/C9H8F3N3O2/c1-3-4-6(16)13-5(2)7-14-8(15-17-7)9(10,11)12/h5H,1-2H3,(H,13,16).